The van der Waals surface area contributed by atoms with E-state index in [0.29, 0.717) is 37.6 Å². The molecule has 1 aromatic rings. The van der Waals surface area contributed by atoms with E-state index in [-0.39, 0.29) is 48.6 Å². The third-order valence-electron chi connectivity index (χ3n) is 3.99. The molecular formula is C17H29Cl2N5O2. The molecule has 2 amide bonds. The highest BCUT2D eigenvalue weighted by atomic mass is 35.5. The number of piperidine rings is 1. The smallest absolute Gasteiger partial charge is 0.257 e. The van der Waals surface area contributed by atoms with Crippen LogP contribution in [0.15, 0.2) is 18.3 Å². The third-order valence-corrected chi connectivity index (χ3v) is 3.99. The first-order chi connectivity index (χ1) is 11.5. The molecule has 148 valence electrons. The van der Waals surface area contributed by atoms with Crippen molar-refractivity contribution in [1.82, 2.24) is 15.2 Å². The van der Waals surface area contributed by atoms with Crippen molar-refractivity contribution in [1.29, 1.82) is 0 Å². The summed E-state index contributed by atoms with van der Waals surface area (Å²) in [4.78, 5) is 31.0. The number of nitrogens with one attached hydrogen (secondary N) is 2. The largest absolute Gasteiger partial charge is 0.367 e. The van der Waals surface area contributed by atoms with Crippen LogP contribution in [0.5, 0.6) is 0 Å². The summed E-state index contributed by atoms with van der Waals surface area (Å²) in [6, 6.07) is 3.72. The first-order valence-corrected chi connectivity index (χ1v) is 8.51. The number of aromatic nitrogens is 1. The maximum absolute atomic E-state index is 12.9. The minimum atomic E-state index is -0.174. The van der Waals surface area contributed by atoms with Gasteiger partial charge in [0.25, 0.3) is 5.91 Å². The van der Waals surface area contributed by atoms with Gasteiger partial charge in [-0.05, 0) is 38.8 Å². The predicted octanol–water partition coefficient (Wildman–Crippen LogP) is 1.67. The topological polar surface area (TPSA) is 100 Å². The van der Waals surface area contributed by atoms with Gasteiger partial charge >= 0.3 is 0 Å². The Labute approximate surface area is 167 Å². The number of carbonyl (C=O) groups is 2. The summed E-state index contributed by atoms with van der Waals surface area (Å²) in [6.45, 7) is 5.99. The lowest BCUT2D eigenvalue weighted by Gasteiger charge is -2.32. The molecule has 1 aliphatic rings. The first-order valence-electron chi connectivity index (χ1n) is 8.51. The number of halogens is 2. The average molecular weight is 406 g/mol. The van der Waals surface area contributed by atoms with Gasteiger partial charge in [-0.3, -0.25) is 9.59 Å². The lowest BCUT2D eigenvalue weighted by molar-refractivity contribution is -0.126. The Morgan fingerprint density at radius 3 is 2.77 bits per heavy atom. The van der Waals surface area contributed by atoms with Crippen molar-refractivity contribution in [3.8, 4) is 0 Å². The fraction of sp³-hybridized carbons (Fsp3) is 0.588. The Hall–Kier alpha value is -1.57. The van der Waals surface area contributed by atoms with Crippen LogP contribution >= 0.6 is 24.8 Å². The zero-order valence-corrected chi connectivity index (χ0v) is 16.9. The van der Waals surface area contributed by atoms with E-state index in [0.717, 1.165) is 12.8 Å². The molecule has 0 radical (unpaired) electrons. The molecule has 9 heteroatoms. The van der Waals surface area contributed by atoms with Crippen molar-refractivity contribution in [3.05, 3.63) is 23.9 Å². The monoisotopic (exact) mass is 405 g/mol. The van der Waals surface area contributed by atoms with Gasteiger partial charge in [0.1, 0.15) is 5.82 Å². The molecule has 0 bridgehead atoms. The van der Waals surface area contributed by atoms with Gasteiger partial charge in [0, 0.05) is 38.4 Å². The van der Waals surface area contributed by atoms with E-state index in [1.807, 2.05) is 13.8 Å². The van der Waals surface area contributed by atoms with Crippen LogP contribution < -0.4 is 16.4 Å². The van der Waals surface area contributed by atoms with Gasteiger partial charge in [-0.15, -0.1) is 24.8 Å². The normalized spacial score (nSPS) is 16.3. The Morgan fingerprint density at radius 1 is 1.38 bits per heavy atom. The van der Waals surface area contributed by atoms with Crippen molar-refractivity contribution in [2.75, 3.05) is 31.5 Å². The van der Waals surface area contributed by atoms with Crippen LogP contribution in [0.25, 0.3) is 0 Å². The van der Waals surface area contributed by atoms with Crippen molar-refractivity contribution in [3.63, 3.8) is 0 Å². The minimum absolute atomic E-state index is 0. The number of nitrogens with zero attached hydrogens (tertiary/aromatic N) is 2. The highest BCUT2D eigenvalue weighted by Crippen LogP contribution is 2.21. The van der Waals surface area contributed by atoms with E-state index in [9.17, 15) is 9.59 Å². The van der Waals surface area contributed by atoms with Gasteiger partial charge in [-0.25, -0.2) is 4.98 Å². The molecule has 1 atom stereocenters. The van der Waals surface area contributed by atoms with Gasteiger partial charge in [-0.2, -0.15) is 0 Å². The second-order valence-corrected chi connectivity index (χ2v) is 6.37. The molecule has 2 rings (SSSR count). The highest BCUT2D eigenvalue weighted by Gasteiger charge is 2.29. The Balaban J connectivity index is 0.00000312. The van der Waals surface area contributed by atoms with Crippen molar-refractivity contribution >= 4 is 42.4 Å². The molecule has 26 heavy (non-hydrogen) atoms. The third kappa shape index (κ3) is 6.63. The summed E-state index contributed by atoms with van der Waals surface area (Å²) in [5, 5.41) is 6.02. The van der Waals surface area contributed by atoms with Crippen molar-refractivity contribution in [2.24, 2.45) is 11.7 Å². The summed E-state index contributed by atoms with van der Waals surface area (Å²) < 4.78 is 0. The second-order valence-electron chi connectivity index (χ2n) is 6.37. The first kappa shape index (κ1) is 24.4. The summed E-state index contributed by atoms with van der Waals surface area (Å²) in [7, 11) is 0. The summed E-state index contributed by atoms with van der Waals surface area (Å²) in [5.74, 6) is 0.312. The van der Waals surface area contributed by atoms with E-state index in [4.69, 9.17) is 5.73 Å². The van der Waals surface area contributed by atoms with Gasteiger partial charge in [0.2, 0.25) is 5.91 Å². The van der Waals surface area contributed by atoms with Crippen LogP contribution in [-0.2, 0) is 4.79 Å². The number of pyridine rings is 1. The van der Waals surface area contributed by atoms with E-state index < -0.39 is 0 Å². The maximum atomic E-state index is 12.9. The van der Waals surface area contributed by atoms with E-state index in [1.54, 1.807) is 23.2 Å². The van der Waals surface area contributed by atoms with E-state index in [1.165, 1.54) is 0 Å². The molecule has 0 aromatic carbocycles. The molecule has 1 saturated heterocycles. The Bertz CT molecular complexity index is 586. The van der Waals surface area contributed by atoms with Gasteiger partial charge in [-0.1, -0.05) is 0 Å². The number of amides is 2. The number of hydrogen-bond donors (Lipinski definition) is 3. The molecule has 0 spiro atoms. The summed E-state index contributed by atoms with van der Waals surface area (Å²) >= 11 is 0. The standard InChI is InChI=1S/C17H27N5O2.2ClH/c1-12(2)21-15-14(6-3-8-19-15)17(24)22-10-4-5-13(11-22)16(23)20-9-7-18;;/h3,6,8,12-13H,4-5,7,9-11,18H2,1-2H3,(H,19,21)(H,20,23);2*1H. The van der Waals surface area contributed by atoms with E-state index >= 15 is 0 Å². The van der Waals surface area contributed by atoms with Crippen LogP contribution in [0, 0.1) is 5.92 Å². The summed E-state index contributed by atoms with van der Waals surface area (Å²) in [6.07, 6.45) is 3.28. The summed E-state index contributed by atoms with van der Waals surface area (Å²) in [5.41, 5.74) is 5.97. The van der Waals surface area contributed by atoms with Crippen LogP contribution in [0.1, 0.15) is 37.0 Å². The molecule has 1 unspecified atom stereocenters. The highest BCUT2D eigenvalue weighted by molar-refractivity contribution is 5.99. The molecule has 1 aromatic heterocycles. The number of carbonyl (C=O) groups excluding carboxylic acids is 2. The lowest BCUT2D eigenvalue weighted by atomic mass is 9.96. The van der Waals surface area contributed by atoms with Gasteiger partial charge < -0.3 is 21.3 Å². The molecule has 0 aliphatic carbocycles. The molecule has 7 nitrogen and oxygen atoms in total. The van der Waals surface area contributed by atoms with E-state index in [2.05, 4.69) is 15.6 Å². The average Bonchev–Trinajstić information content (AvgIpc) is 2.59. The zero-order chi connectivity index (χ0) is 17.5. The fourth-order valence-corrected chi connectivity index (χ4v) is 2.85. The molecule has 4 N–H and O–H groups in total. The quantitative estimate of drug-likeness (QED) is 0.668. The molecule has 2 heterocycles. The van der Waals surface area contributed by atoms with Gasteiger partial charge in [0.15, 0.2) is 0 Å². The van der Waals surface area contributed by atoms with Gasteiger partial charge in [0.05, 0.1) is 11.5 Å². The number of rotatable bonds is 6. The molecular weight excluding hydrogens is 377 g/mol. The van der Waals surface area contributed by atoms with Crippen LogP contribution in [0.4, 0.5) is 5.82 Å². The van der Waals surface area contributed by atoms with Crippen LogP contribution in [-0.4, -0.2) is 53.9 Å². The zero-order valence-electron chi connectivity index (χ0n) is 15.2. The maximum Gasteiger partial charge on any atom is 0.257 e. The van der Waals surface area contributed by atoms with Crippen LogP contribution in [0.2, 0.25) is 0 Å². The number of hydrogen-bond acceptors (Lipinski definition) is 5. The predicted molar refractivity (Wildman–Crippen MR) is 108 cm³/mol. The van der Waals surface area contributed by atoms with Crippen LogP contribution in [0.3, 0.4) is 0 Å². The SMILES string of the molecule is CC(C)Nc1ncccc1C(=O)N1CCCC(C(=O)NCCN)C1.Cl.Cl. The number of anilines is 1. The molecule has 0 saturated carbocycles. The minimum Gasteiger partial charge on any atom is -0.367 e. The van der Waals surface area contributed by atoms with Crippen molar-refractivity contribution < 1.29 is 9.59 Å². The lowest BCUT2D eigenvalue weighted by Crippen LogP contribution is -2.46. The van der Waals surface area contributed by atoms with Crippen molar-refractivity contribution in [2.45, 2.75) is 32.7 Å². The Morgan fingerprint density at radius 2 is 2.12 bits per heavy atom. The fourth-order valence-electron chi connectivity index (χ4n) is 2.85. The second kappa shape index (κ2) is 11.9. The number of likely N-dealkylation sites (tertiary alicyclic amines) is 1. The molecule has 1 aliphatic heterocycles. The number of nitrogens with two attached hydrogens (primary N) is 1. The Kier molecular flexibility index (Phi) is 11.2. The molecule has 1 fully saturated rings.